The van der Waals surface area contributed by atoms with Gasteiger partial charge in [-0.2, -0.15) is 0 Å². The van der Waals surface area contributed by atoms with Crippen LogP contribution in [0.3, 0.4) is 0 Å². The summed E-state index contributed by atoms with van der Waals surface area (Å²) >= 11 is 0. The van der Waals surface area contributed by atoms with Gasteiger partial charge in [-0.15, -0.1) is 0 Å². The summed E-state index contributed by atoms with van der Waals surface area (Å²) in [5, 5.41) is 0. The van der Waals surface area contributed by atoms with Crippen molar-refractivity contribution in [1.29, 1.82) is 0 Å². The van der Waals surface area contributed by atoms with E-state index in [0.717, 1.165) is 5.92 Å². The Morgan fingerprint density at radius 3 is 2.67 bits per heavy atom. The van der Waals surface area contributed by atoms with Crippen LogP contribution in [-0.2, 0) is 0 Å². The molecule has 70 valence electrons. The van der Waals surface area contributed by atoms with Gasteiger partial charge in [-0.3, -0.25) is 0 Å². The van der Waals surface area contributed by atoms with Gasteiger partial charge in [0, 0.05) is 0 Å². The zero-order valence-corrected chi connectivity index (χ0v) is 9.72. The predicted octanol–water partition coefficient (Wildman–Crippen LogP) is 3.15. The van der Waals surface area contributed by atoms with Crippen molar-refractivity contribution >= 4 is 7.26 Å². The molecule has 1 aliphatic heterocycles. The summed E-state index contributed by atoms with van der Waals surface area (Å²) in [5.41, 5.74) is 1.61. The first kappa shape index (κ1) is 9.99. The molecule has 1 heterocycles. The number of allylic oxidation sites excluding steroid dienone is 4. The van der Waals surface area contributed by atoms with E-state index in [1.807, 2.05) is 0 Å². The second kappa shape index (κ2) is 3.75. The average molecular weight is 184 g/mol. The van der Waals surface area contributed by atoms with Gasteiger partial charge in [0.05, 0.1) is 0 Å². The number of hydrogen-bond acceptors (Lipinski definition) is 0. The molecule has 1 heteroatoms. The van der Waals surface area contributed by atoms with Crippen LogP contribution in [0, 0.1) is 5.92 Å². The first-order valence-corrected chi connectivity index (χ1v) is 8.25. The molecule has 0 amide bonds. The van der Waals surface area contributed by atoms with Crippen molar-refractivity contribution in [3.63, 3.8) is 0 Å². The molecule has 0 nitrogen and oxygen atoms in total. The Morgan fingerprint density at radius 2 is 2.17 bits per heavy atom. The third-order valence-corrected chi connectivity index (χ3v) is 5.58. The van der Waals surface area contributed by atoms with E-state index in [9.17, 15) is 0 Å². The maximum atomic E-state index is 2.50. The monoisotopic (exact) mass is 184 g/mol. The van der Waals surface area contributed by atoms with Crippen molar-refractivity contribution in [3.05, 3.63) is 23.8 Å². The van der Waals surface area contributed by atoms with Gasteiger partial charge in [0.1, 0.15) is 0 Å². The van der Waals surface area contributed by atoms with E-state index >= 15 is 0 Å². The molecule has 0 aromatic carbocycles. The van der Waals surface area contributed by atoms with Gasteiger partial charge >= 0.3 is 76.5 Å². The zero-order valence-electron chi connectivity index (χ0n) is 8.72. The van der Waals surface area contributed by atoms with Crippen LogP contribution < -0.4 is 0 Å². The minimum atomic E-state index is -0.873. The van der Waals surface area contributed by atoms with Gasteiger partial charge in [-0.05, 0) is 0 Å². The van der Waals surface area contributed by atoms with E-state index in [-0.39, 0.29) is 0 Å². The molecule has 12 heavy (non-hydrogen) atoms. The molecular weight excluding hydrogens is 163 g/mol. The van der Waals surface area contributed by atoms with Crippen LogP contribution in [0.2, 0.25) is 0 Å². The molecule has 0 aliphatic carbocycles. The Morgan fingerprint density at radius 1 is 1.50 bits per heavy atom. The summed E-state index contributed by atoms with van der Waals surface area (Å²) in [7, 11) is -0.873. The van der Waals surface area contributed by atoms with Crippen LogP contribution in [0.4, 0.5) is 0 Å². The fourth-order valence-corrected chi connectivity index (χ4v) is 5.62. The quantitative estimate of drug-likeness (QED) is 0.434. The normalized spacial score (nSPS) is 31.7. The van der Waals surface area contributed by atoms with Crippen molar-refractivity contribution in [1.82, 2.24) is 0 Å². The fraction of sp³-hybridized carbons (Fsp3) is 0.636. The Kier molecular flexibility index (Phi) is 3.12. The molecule has 1 rings (SSSR count). The molecule has 0 saturated carbocycles. The fourth-order valence-electron chi connectivity index (χ4n) is 2.32. The Labute approximate surface area is 77.1 Å². The molecule has 0 fully saturated rings. The van der Waals surface area contributed by atoms with E-state index < -0.39 is 7.26 Å². The molecule has 1 aliphatic rings. The van der Waals surface area contributed by atoms with Crippen molar-refractivity contribution in [2.75, 3.05) is 25.7 Å². The van der Waals surface area contributed by atoms with Gasteiger partial charge in [-0.25, -0.2) is 0 Å². The summed E-state index contributed by atoms with van der Waals surface area (Å²) in [6.45, 7) is 9.40. The summed E-state index contributed by atoms with van der Waals surface area (Å²) in [5.74, 6) is 0.741. The third kappa shape index (κ3) is 2.75. The Bertz CT molecular complexity index is 211. The van der Waals surface area contributed by atoms with Gasteiger partial charge in [0.25, 0.3) is 0 Å². The third-order valence-electron chi connectivity index (χ3n) is 2.48. The molecular formula is C11H21P. The molecule has 0 N–H and O–H groups in total. The molecule has 0 spiro atoms. The molecule has 0 radical (unpaired) electrons. The Balaban J connectivity index is 2.74. The van der Waals surface area contributed by atoms with Crippen molar-refractivity contribution in [2.45, 2.75) is 13.8 Å². The van der Waals surface area contributed by atoms with Crippen LogP contribution in [0.15, 0.2) is 23.8 Å². The second-order valence-corrected chi connectivity index (χ2v) is 9.84. The Hall–Kier alpha value is -0.0900. The van der Waals surface area contributed by atoms with Crippen molar-refractivity contribution in [3.8, 4) is 0 Å². The van der Waals surface area contributed by atoms with Crippen molar-refractivity contribution < 1.29 is 0 Å². The second-order valence-electron chi connectivity index (χ2n) is 4.75. The minimum absolute atomic E-state index is 0.741. The van der Waals surface area contributed by atoms with Gasteiger partial charge in [0.15, 0.2) is 0 Å². The topological polar surface area (TPSA) is 0 Å². The van der Waals surface area contributed by atoms with Crippen LogP contribution in [0.1, 0.15) is 13.8 Å². The van der Waals surface area contributed by atoms with Crippen LogP contribution in [0.5, 0.6) is 0 Å². The summed E-state index contributed by atoms with van der Waals surface area (Å²) in [4.78, 5) is 0. The zero-order chi connectivity index (χ0) is 9.19. The number of rotatable bonds is 1. The van der Waals surface area contributed by atoms with Crippen molar-refractivity contribution in [2.24, 2.45) is 5.92 Å². The van der Waals surface area contributed by atoms with E-state index in [4.69, 9.17) is 0 Å². The predicted molar refractivity (Wildman–Crippen MR) is 62.0 cm³/mol. The molecule has 0 bridgehead atoms. The van der Waals surface area contributed by atoms with Crippen LogP contribution in [-0.4, -0.2) is 25.7 Å². The molecule has 0 saturated heterocycles. The van der Waals surface area contributed by atoms with Gasteiger partial charge < -0.3 is 0 Å². The van der Waals surface area contributed by atoms with E-state index in [1.165, 1.54) is 12.3 Å². The summed E-state index contributed by atoms with van der Waals surface area (Å²) < 4.78 is 0. The SMILES string of the molecule is CC=CC1C=C(C)C[PH](C)(C)C1. The maximum absolute atomic E-state index is 2.50. The molecule has 1 unspecified atom stereocenters. The van der Waals surface area contributed by atoms with E-state index in [1.54, 1.807) is 5.57 Å². The van der Waals surface area contributed by atoms with E-state index in [2.05, 4.69) is 45.4 Å². The molecule has 0 aromatic heterocycles. The standard InChI is InChI=1S/C11H21P/c1-5-6-11-7-10(2)8-12(3,4)9-11/h5-7,11-12H,8-9H2,1-4H3. The summed E-state index contributed by atoms with van der Waals surface area (Å²) in [6, 6.07) is 0. The first-order chi connectivity index (χ1) is 5.53. The van der Waals surface area contributed by atoms with Crippen LogP contribution in [0.25, 0.3) is 0 Å². The van der Waals surface area contributed by atoms with Crippen LogP contribution >= 0.6 is 7.26 Å². The van der Waals surface area contributed by atoms with Gasteiger partial charge in [0.2, 0.25) is 0 Å². The molecule has 0 aromatic rings. The number of hydrogen-bond donors (Lipinski definition) is 0. The molecule has 1 atom stereocenters. The average Bonchev–Trinajstić information content (AvgIpc) is 1.82. The van der Waals surface area contributed by atoms with Gasteiger partial charge in [-0.1, -0.05) is 0 Å². The first-order valence-electron chi connectivity index (χ1n) is 4.83. The van der Waals surface area contributed by atoms with E-state index in [0.29, 0.717) is 0 Å². The summed E-state index contributed by atoms with van der Waals surface area (Å²) in [6.07, 6.45) is 9.82.